The molecule has 0 saturated carbocycles. The number of fused-ring (bicyclic) bond motifs is 1. The molecular weight excluding hydrogens is 524 g/mol. The second-order valence-electron chi connectivity index (χ2n) is 9.88. The van der Waals surface area contributed by atoms with E-state index >= 15 is 0 Å². The van der Waals surface area contributed by atoms with E-state index in [-0.39, 0.29) is 39.7 Å². The smallest absolute Gasteiger partial charge is 0.255 e. The zero-order valence-corrected chi connectivity index (χ0v) is 23.1. The van der Waals surface area contributed by atoms with Crippen molar-refractivity contribution >= 4 is 40.2 Å². The van der Waals surface area contributed by atoms with Gasteiger partial charge in [0.15, 0.2) is 11.6 Å². The molecule has 204 valence electrons. The van der Waals surface area contributed by atoms with Crippen LogP contribution in [0.4, 0.5) is 20.4 Å². The number of nitrogens with one attached hydrogen (secondary N) is 1. The number of aryl methyl sites for hydroxylation is 1. The summed E-state index contributed by atoms with van der Waals surface area (Å²) < 4.78 is 31.7. The Labute approximate surface area is 230 Å². The number of likely N-dealkylation sites (N-methyl/N-ethyl adjacent to an activating group) is 1. The molecule has 0 bridgehead atoms. The summed E-state index contributed by atoms with van der Waals surface area (Å²) in [4.78, 5) is 29.8. The predicted molar refractivity (Wildman–Crippen MR) is 149 cm³/mol. The second-order valence-corrected chi connectivity index (χ2v) is 10.3. The van der Waals surface area contributed by atoms with Gasteiger partial charge in [0.1, 0.15) is 17.0 Å². The molecule has 2 aromatic carbocycles. The van der Waals surface area contributed by atoms with E-state index in [1.807, 2.05) is 25.3 Å². The lowest BCUT2D eigenvalue weighted by atomic mass is 10.1. The van der Waals surface area contributed by atoms with Gasteiger partial charge in [-0.15, -0.1) is 0 Å². The van der Waals surface area contributed by atoms with Gasteiger partial charge in [-0.2, -0.15) is 0 Å². The number of imidazole rings is 1. The first-order valence-corrected chi connectivity index (χ1v) is 13.3. The van der Waals surface area contributed by atoms with Gasteiger partial charge in [-0.1, -0.05) is 18.5 Å². The van der Waals surface area contributed by atoms with E-state index in [2.05, 4.69) is 32.1 Å². The van der Waals surface area contributed by atoms with Gasteiger partial charge in [-0.05, 0) is 57.6 Å². The molecule has 39 heavy (non-hydrogen) atoms. The number of rotatable bonds is 6. The molecule has 4 aromatic rings. The monoisotopic (exact) mass is 553 g/mol. The number of aromatic nitrogens is 4. The van der Waals surface area contributed by atoms with E-state index in [1.165, 1.54) is 6.07 Å². The van der Waals surface area contributed by atoms with E-state index in [0.717, 1.165) is 25.8 Å². The van der Waals surface area contributed by atoms with Gasteiger partial charge in [0.2, 0.25) is 5.95 Å². The van der Waals surface area contributed by atoms with Crippen LogP contribution in [0.3, 0.4) is 0 Å². The number of hydrogen-bond donors (Lipinski definition) is 1. The maximum atomic E-state index is 15.0. The molecule has 8 nitrogen and oxygen atoms in total. The van der Waals surface area contributed by atoms with Crippen LogP contribution in [0, 0.1) is 18.6 Å². The van der Waals surface area contributed by atoms with Crippen molar-refractivity contribution in [2.45, 2.75) is 33.7 Å². The highest BCUT2D eigenvalue weighted by atomic mass is 35.5. The van der Waals surface area contributed by atoms with Crippen LogP contribution < -0.4 is 5.32 Å². The lowest BCUT2D eigenvalue weighted by Gasteiger charge is -2.34. The van der Waals surface area contributed by atoms with Crippen molar-refractivity contribution in [1.29, 1.82) is 0 Å². The number of piperazine rings is 1. The Kier molecular flexibility index (Phi) is 7.51. The van der Waals surface area contributed by atoms with E-state index < -0.39 is 11.6 Å². The van der Waals surface area contributed by atoms with Gasteiger partial charge in [0.25, 0.3) is 5.91 Å². The molecule has 0 unspecified atom stereocenters. The van der Waals surface area contributed by atoms with Crippen LogP contribution >= 0.6 is 11.6 Å². The van der Waals surface area contributed by atoms with Crippen LogP contribution in [0.1, 0.15) is 43.0 Å². The first-order chi connectivity index (χ1) is 18.7. The van der Waals surface area contributed by atoms with Gasteiger partial charge in [-0.3, -0.25) is 4.79 Å². The summed E-state index contributed by atoms with van der Waals surface area (Å²) in [6, 6.07) is 7.92. The van der Waals surface area contributed by atoms with Gasteiger partial charge in [0, 0.05) is 43.5 Å². The summed E-state index contributed by atoms with van der Waals surface area (Å²) >= 11 is 6.48. The molecule has 1 N–H and O–H groups in total. The van der Waals surface area contributed by atoms with Crippen molar-refractivity contribution in [3.05, 3.63) is 64.6 Å². The lowest BCUT2D eigenvalue weighted by molar-refractivity contribution is 0.0643. The number of anilines is 2. The van der Waals surface area contributed by atoms with Gasteiger partial charge in [0.05, 0.1) is 22.3 Å². The Bertz CT molecular complexity index is 1550. The molecular formula is C28H30ClF2N7O. The second kappa shape index (κ2) is 10.9. The minimum atomic E-state index is -0.686. The summed E-state index contributed by atoms with van der Waals surface area (Å²) in [6.45, 7) is 11.8. The van der Waals surface area contributed by atoms with Crippen molar-refractivity contribution in [3.63, 3.8) is 0 Å². The molecule has 0 aliphatic carbocycles. The quantitative estimate of drug-likeness (QED) is 0.323. The molecule has 1 aliphatic rings. The standard InChI is InChI=1S/C28H30ClF2N7O/c1-5-36-8-10-37(11-9-36)27(39)20-7-6-19(14-21(20)29)34-28-32-15-23(31)25(35-28)18-12-22(30)26-24(13-18)38(16(2)3)17(4)33-26/h6-7,12-16H,5,8-11H2,1-4H3,(H,32,34,35). The highest BCUT2D eigenvalue weighted by Gasteiger charge is 2.23. The van der Waals surface area contributed by atoms with E-state index in [9.17, 15) is 13.6 Å². The largest absolute Gasteiger partial charge is 0.336 e. The number of halogens is 3. The zero-order valence-electron chi connectivity index (χ0n) is 22.3. The molecule has 0 spiro atoms. The number of nitrogens with zero attached hydrogens (tertiary/aromatic N) is 6. The number of amides is 1. The van der Waals surface area contributed by atoms with Crippen LogP contribution in [0.2, 0.25) is 5.02 Å². The number of carbonyl (C=O) groups is 1. The first-order valence-electron chi connectivity index (χ1n) is 13.0. The molecule has 1 saturated heterocycles. The molecule has 11 heteroatoms. The molecule has 0 radical (unpaired) electrons. The molecule has 2 aromatic heterocycles. The maximum absolute atomic E-state index is 15.0. The molecule has 1 fully saturated rings. The molecule has 0 atom stereocenters. The molecule has 5 rings (SSSR count). The number of hydrogen-bond acceptors (Lipinski definition) is 6. The van der Waals surface area contributed by atoms with Gasteiger partial charge in [-0.25, -0.2) is 23.7 Å². The molecule has 3 heterocycles. The number of benzene rings is 2. The van der Waals surface area contributed by atoms with E-state index in [1.54, 1.807) is 29.2 Å². The topological polar surface area (TPSA) is 79.2 Å². The molecule has 1 aliphatic heterocycles. The summed E-state index contributed by atoms with van der Waals surface area (Å²) in [7, 11) is 0. The maximum Gasteiger partial charge on any atom is 0.255 e. The van der Waals surface area contributed by atoms with E-state index in [0.29, 0.717) is 35.7 Å². The summed E-state index contributed by atoms with van der Waals surface area (Å²) in [6.07, 6.45) is 1.03. The van der Waals surface area contributed by atoms with E-state index in [4.69, 9.17) is 11.6 Å². The SMILES string of the molecule is CCN1CCN(C(=O)c2ccc(Nc3ncc(F)c(-c4cc(F)c5nc(C)n(C(C)C)c5c4)n3)cc2Cl)CC1. The van der Waals surface area contributed by atoms with Crippen LogP contribution in [-0.4, -0.2) is 67.9 Å². The highest BCUT2D eigenvalue weighted by molar-refractivity contribution is 6.34. The van der Waals surface area contributed by atoms with Crippen molar-refractivity contribution in [2.24, 2.45) is 0 Å². The lowest BCUT2D eigenvalue weighted by Crippen LogP contribution is -2.48. The predicted octanol–water partition coefficient (Wildman–Crippen LogP) is 5.84. The Morgan fingerprint density at radius 1 is 1.08 bits per heavy atom. The fraction of sp³-hybridized carbons (Fsp3) is 0.357. The third kappa shape index (κ3) is 5.31. The third-order valence-corrected chi connectivity index (χ3v) is 7.33. The average Bonchev–Trinajstić information content (AvgIpc) is 3.26. The van der Waals surface area contributed by atoms with Crippen LogP contribution in [0.15, 0.2) is 36.5 Å². The van der Waals surface area contributed by atoms with Gasteiger partial charge < -0.3 is 19.7 Å². The van der Waals surface area contributed by atoms with Crippen molar-refractivity contribution < 1.29 is 13.6 Å². The summed E-state index contributed by atoms with van der Waals surface area (Å²) in [5.74, 6) is -0.583. The van der Waals surface area contributed by atoms with Crippen LogP contribution in [0.25, 0.3) is 22.3 Å². The van der Waals surface area contributed by atoms with Crippen molar-refractivity contribution in [2.75, 3.05) is 38.0 Å². The fourth-order valence-electron chi connectivity index (χ4n) is 5.02. The third-order valence-electron chi connectivity index (χ3n) is 7.02. The first kappa shape index (κ1) is 27.0. The summed E-state index contributed by atoms with van der Waals surface area (Å²) in [5, 5.41) is 3.30. The average molecular weight is 554 g/mol. The Morgan fingerprint density at radius 2 is 1.82 bits per heavy atom. The number of carbonyl (C=O) groups excluding carboxylic acids is 1. The fourth-order valence-corrected chi connectivity index (χ4v) is 5.28. The van der Waals surface area contributed by atoms with Gasteiger partial charge >= 0.3 is 0 Å². The highest BCUT2D eigenvalue weighted by Crippen LogP contribution is 2.31. The minimum Gasteiger partial charge on any atom is -0.336 e. The Hall–Kier alpha value is -3.63. The normalized spacial score (nSPS) is 14.4. The minimum absolute atomic E-state index is 0.0395. The van der Waals surface area contributed by atoms with Crippen molar-refractivity contribution in [1.82, 2.24) is 29.3 Å². The summed E-state index contributed by atoms with van der Waals surface area (Å²) in [5.41, 5.74) is 1.95. The zero-order chi connectivity index (χ0) is 27.8. The van der Waals surface area contributed by atoms with Crippen LogP contribution in [-0.2, 0) is 0 Å². The molecule has 1 amide bonds. The Morgan fingerprint density at radius 3 is 2.49 bits per heavy atom. The Balaban J connectivity index is 1.40. The van der Waals surface area contributed by atoms with Crippen LogP contribution in [0.5, 0.6) is 0 Å². The van der Waals surface area contributed by atoms with Crippen molar-refractivity contribution in [3.8, 4) is 11.3 Å².